The number of hydrogen-bond acceptors (Lipinski definition) is 3. The van der Waals surface area contributed by atoms with Gasteiger partial charge >= 0.3 is 0 Å². The Bertz CT molecular complexity index is 764. The summed E-state index contributed by atoms with van der Waals surface area (Å²) in [5.74, 6) is 0. The Balaban J connectivity index is 2.08. The summed E-state index contributed by atoms with van der Waals surface area (Å²) in [5.41, 5.74) is 22.7. The Morgan fingerprint density at radius 2 is 1.88 bits per heavy atom. The van der Waals surface area contributed by atoms with Gasteiger partial charge in [-0.3, -0.25) is 0 Å². The number of hydrogen-bond donors (Lipinski definition) is 3. The molecule has 3 atom stereocenters. The minimum atomic E-state index is -0.479. The molecule has 0 aromatic rings. The fourth-order valence-corrected chi connectivity index (χ4v) is 4.34. The van der Waals surface area contributed by atoms with Gasteiger partial charge in [0.25, 0.3) is 0 Å². The first-order valence-electron chi connectivity index (χ1n) is 9.57. The zero-order valence-electron chi connectivity index (χ0n) is 16.4. The van der Waals surface area contributed by atoms with E-state index >= 15 is 0 Å². The Kier molecular flexibility index (Phi) is 4.66. The fraction of sp³-hybridized carbons (Fsp3) is 0.478. The van der Waals surface area contributed by atoms with E-state index in [2.05, 4.69) is 69.9 Å². The van der Waals surface area contributed by atoms with Gasteiger partial charge < -0.3 is 17.2 Å². The largest absolute Gasteiger partial charge is 0.399 e. The highest BCUT2D eigenvalue weighted by Gasteiger charge is 2.47. The van der Waals surface area contributed by atoms with Crippen LogP contribution in [0.5, 0.6) is 0 Å². The molecular weight excluding hydrogens is 318 g/mol. The van der Waals surface area contributed by atoms with Gasteiger partial charge in [-0.05, 0) is 36.8 Å². The van der Waals surface area contributed by atoms with Gasteiger partial charge in [0, 0.05) is 21.9 Å². The van der Waals surface area contributed by atoms with Crippen LogP contribution in [0.15, 0.2) is 71.5 Å². The first kappa shape index (κ1) is 18.9. The van der Waals surface area contributed by atoms with Gasteiger partial charge in [-0.2, -0.15) is 0 Å². The van der Waals surface area contributed by atoms with E-state index in [9.17, 15) is 0 Å². The molecular formula is C23H33N3. The van der Waals surface area contributed by atoms with Gasteiger partial charge in [0.2, 0.25) is 0 Å². The Labute approximate surface area is 158 Å². The lowest BCUT2D eigenvalue weighted by Gasteiger charge is -2.47. The summed E-state index contributed by atoms with van der Waals surface area (Å²) >= 11 is 0. The SMILES string of the molecule is C=C(N)C1=CC(C2(C)/C=C\CC3=C[C@]3(C)C/C=C\C2(C)C(N)N)=CCC1. The minimum absolute atomic E-state index is 0.239. The van der Waals surface area contributed by atoms with Crippen molar-refractivity contribution in [2.45, 2.75) is 52.6 Å². The molecule has 0 heterocycles. The predicted molar refractivity (Wildman–Crippen MR) is 111 cm³/mol. The molecule has 26 heavy (non-hydrogen) atoms. The second kappa shape index (κ2) is 6.40. The highest BCUT2D eigenvalue weighted by molar-refractivity contribution is 5.46. The van der Waals surface area contributed by atoms with Crippen LogP contribution in [-0.4, -0.2) is 6.17 Å². The quantitative estimate of drug-likeness (QED) is 0.526. The molecule has 140 valence electrons. The van der Waals surface area contributed by atoms with Crippen molar-refractivity contribution in [2.75, 3.05) is 0 Å². The lowest BCUT2D eigenvalue weighted by molar-refractivity contribution is 0.184. The average Bonchev–Trinajstić information content (AvgIpc) is 3.23. The number of nitrogens with two attached hydrogens (primary N) is 3. The standard InChI is InChI=1S/C23H33N3/c1-16(24)17-8-5-9-18(14-17)22(3)12-6-10-19-15-21(19,2)11-7-13-23(22,4)20(25)26/h6-7,9,12-15,20H,1,5,8,10-11,24-26H2,2-4H3/b12-6-,13-7-/t21-,22?,23?/m0/s1. The Morgan fingerprint density at radius 3 is 2.54 bits per heavy atom. The number of allylic oxidation sites excluding steroid dienone is 9. The summed E-state index contributed by atoms with van der Waals surface area (Å²) in [6, 6.07) is 0. The van der Waals surface area contributed by atoms with E-state index in [1.807, 2.05) is 0 Å². The maximum Gasteiger partial charge on any atom is 0.0623 e. The predicted octanol–water partition coefficient (Wildman–Crippen LogP) is 4.21. The molecule has 2 unspecified atom stereocenters. The maximum absolute atomic E-state index is 6.36. The number of fused-ring (bicyclic) bond motifs is 1. The lowest BCUT2D eigenvalue weighted by atomic mass is 9.58. The summed E-state index contributed by atoms with van der Waals surface area (Å²) in [4.78, 5) is 0. The van der Waals surface area contributed by atoms with Gasteiger partial charge in [0.1, 0.15) is 0 Å². The van der Waals surface area contributed by atoms with E-state index < -0.39 is 11.6 Å². The van der Waals surface area contributed by atoms with Gasteiger partial charge in [-0.25, -0.2) is 0 Å². The van der Waals surface area contributed by atoms with E-state index in [0.29, 0.717) is 5.70 Å². The zero-order valence-corrected chi connectivity index (χ0v) is 16.4. The summed E-state index contributed by atoms with van der Waals surface area (Å²) in [7, 11) is 0. The van der Waals surface area contributed by atoms with Crippen LogP contribution in [0.4, 0.5) is 0 Å². The second-order valence-electron chi connectivity index (χ2n) is 8.70. The molecule has 0 aromatic heterocycles. The molecule has 6 N–H and O–H groups in total. The zero-order chi connectivity index (χ0) is 19.2. The summed E-state index contributed by atoms with van der Waals surface area (Å²) in [5, 5.41) is 0. The molecule has 0 saturated carbocycles. The van der Waals surface area contributed by atoms with Crippen molar-refractivity contribution >= 4 is 0 Å². The molecule has 0 aliphatic heterocycles. The minimum Gasteiger partial charge on any atom is -0.399 e. The smallest absolute Gasteiger partial charge is 0.0623 e. The lowest BCUT2D eigenvalue weighted by Crippen LogP contribution is -2.54. The molecule has 0 radical (unpaired) electrons. The van der Waals surface area contributed by atoms with E-state index in [1.54, 1.807) is 0 Å². The highest BCUT2D eigenvalue weighted by atomic mass is 14.9. The Hall–Kier alpha value is -1.84. The van der Waals surface area contributed by atoms with E-state index in [1.165, 1.54) is 11.1 Å². The van der Waals surface area contributed by atoms with Crippen molar-refractivity contribution in [3.63, 3.8) is 0 Å². The van der Waals surface area contributed by atoms with Crippen molar-refractivity contribution in [1.82, 2.24) is 0 Å². The van der Waals surface area contributed by atoms with Gasteiger partial charge in [-0.15, -0.1) is 0 Å². The van der Waals surface area contributed by atoms with Crippen LogP contribution in [0.25, 0.3) is 0 Å². The van der Waals surface area contributed by atoms with Crippen LogP contribution in [0.1, 0.15) is 46.5 Å². The topological polar surface area (TPSA) is 78.1 Å². The van der Waals surface area contributed by atoms with Crippen molar-refractivity contribution in [3.05, 3.63) is 71.5 Å². The molecule has 0 spiro atoms. The number of rotatable bonds is 3. The average molecular weight is 352 g/mol. The van der Waals surface area contributed by atoms with Crippen LogP contribution in [0, 0.1) is 16.2 Å². The third-order valence-electron chi connectivity index (χ3n) is 6.87. The van der Waals surface area contributed by atoms with Crippen LogP contribution < -0.4 is 17.2 Å². The van der Waals surface area contributed by atoms with Crippen LogP contribution >= 0.6 is 0 Å². The molecule has 3 aliphatic carbocycles. The molecule has 0 aromatic carbocycles. The van der Waals surface area contributed by atoms with Crippen LogP contribution in [-0.2, 0) is 0 Å². The third-order valence-corrected chi connectivity index (χ3v) is 6.87. The van der Waals surface area contributed by atoms with Gasteiger partial charge in [0.15, 0.2) is 0 Å². The summed E-state index contributed by atoms with van der Waals surface area (Å²) in [6.07, 6.45) is 19.4. The Morgan fingerprint density at radius 1 is 1.15 bits per heavy atom. The van der Waals surface area contributed by atoms with Crippen molar-refractivity contribution in [2.24, 2.45) is 33.4 Å². The van der Waals surface area contributed by atoms with E-state index in [0.717, 1.165) is 31.3 Å². The monoisotopic (exact) mass is 351 g/mol. The first-order chi connectivity index (χ1) is 12.1. The van der Waals surface area contributed by atoms with E-state index in [4.69, 9.17) is 17.2 Å². The molecule has 3 aliphatic rings. The molecule has 3 rings (SSSR count). The van der Waals surface area contributed by atoms with Crippen LogP contribution in [0.3, 0.4) is 0 Å². The molecule has 3 nitrogen and oxygen atoms in total. The van der Waals surface area contributed by atoms with E-state index in [-0.39, 0.29) is 10.8 Å². The first-order valence-corrected chi connectivity index (χ1v) is 9.57. The third kappa shape index (κ3) is 3.04. The van der Waals surface area contributed by atoms with Crippen molar-refractivity contribution in [1.29, 1.82) is 0 Å². The molecule has 0 amide bonds. The molecule has 3 heteroatoms. The van der Waals surface area contributed by atoms with Gasteiger partial charge in [-0.1, -0.05) is 75.5 Å². The second-order valence-corrected chi connectivity index (χ2v) is 8.70. The fourth-order valence-electron chi connectivity index (χ4n) is 4.34. The molecule has 0 bridgehead atoms. The maximum atomic E-state index is 6.36. The van der Waals surface area contributed by atoms with Crippen molar-refractivity contribution in [3.8, 4) is 0 Å². The molecule has 0 saturated heterocycles. The van der Waals surface area contributed by atoms with Crippen molar-refractivity contribution < 1.29 is 0 Å². The highest BCUT2D eigenvalue weighted by Crippen LogP contribution is 2.54. The summed E-state index contributed by atoms with van der Waals surface area (Å²) < 4.78 is 0. The summed E-state index contributed by atoms with van der Waals surface area (Å²) in [6.45, 7) is 10.6. The van der Waals surface area contributed by atoms with Crippen LogP contribution in [0.2, 0.25) is 0 Å². The normalized spacial score (nSPS) is 39.2. The van der Waals surface area contributed by atoms with Gasteiger partial charge in [0.05, 0.1) is 6.17 Å². The molecule has 0 fully saturated rings.